The molecule has 0 aliphatic heterocycles. The normalized spacial score (nSPS) is 11.4. The molecule has 0 amide bonds. The summed E-state index contributed by atoms with van der Waals surface area (Å²) in [6.07, 6.45) is 0. The summed E-state index contributed by atoms with van der Waals surface area (Å²) in [6, 6.07) is 71.5. The molecular weight excluding hydrogens is 709 g/mol. The molecular formula is C53H34N4O. The average molecular weight is 743 g/mol. The Balaban J connectivity index is 1.06. The Labute approximate surface area is 335 Å². The van der Waals surface area contributed by atoms with Crippen molar-refractivity contribution in [2.45, 2.75) is 0 Å². The zero-order chi connectivity index (χ0) is 38.4. The van der Waals surface area contributed by atoms with E-state index in [9.17, 15) is 0 Å². The molecule has 0 saturated carbocycles. The molecule has 0 aliphatic rings. The molecule has 0 unspecified atom stereocenters. The summed E-state index contributed by atoms with van der Waals surface area (Å²) in [5, 5.41) is 2.20. The van der Waals surface area contributed by atoms with Gasteiger partial charge in [0, 0.05) is 38.7 Å². The summed E-state index contributed by atoms with van der Waals surface area (Å²) in [4.78, 5) is 15.5. The highest BCUT2D eigenvalue weighted by Crippen LogP contribution is 2.38. The summed E-state index contributed by atoms with van der Waals surface area (Å²) in [6.45, 7) is 0. The number of nitrogens with zero attached hydrogens (tertiary/aromatic N) is 4. The van der Waals surface area contributed by atoms with Gasteiger partial charge in [0.15, 0.2) is 5.82 Å². The maximum Gasteiger partial charge on any atom is 0.160 e. The van der Waals surface area contributed by atoms with Crippen LogP contribution in [0.2, 0.25) is 0 Å². The third-order valence-electron chi connectivity index (χ3n) is 10.8. The van der Waals surface area contributed by atoms with Gasteiger partial charge in [-0.15, -0.1) is 0 Å². The van der Waals surface area contributed by atoms with Gasteiger partial charge in [0.25, 0.3) is 0 Å². The van der Waals surface area contributed by atoms with Gasteiger partial charge in [-0.05, 0) is 89.0 Å². The van der Waals surface area contributed by atoms with Crippen LogP contribution in [-0.4, -0.2) is 19.5 Å². The van der Waals surface area contributed by atoms with Crippen LogP contribution in [0.4, 0.5) is 0 Å². The fraction of sp³-hybridized carbons (Fsp3) is 0. The molecule has 3 aromatic heterocycles. The summed E-state index contributed by atoms with van der Waals surface area (Å²) in [5.41, 5.74) is 14.9. The van der Waals surface area contributed by atoms with Crippen molar-refractivity contribution in [3.63, 3.8) is 0 Å². The van der Waals surface area contributed by atoms with Gasteiger partial charge in [0.1, 0.15) is 17.0 Å². The lowest BCUT2D eigenvalue weighted by atomic mass is 9.94. The maximum atomic E-state index is 6.19. The van der Waals surface area contributed by atoms with Crippen molar-refractivity contribution in [1.29, 1.82) is 0 Å². The fourth-order valence-electron chi connectivity index (χ4n) is 7.95. The van der Waals surface area contributed by atoms with E-state index in [0.717, 1.165) is 100 Å². The number of rotatable bonds is 7. The molecule has 11 aromatic rings. The van der Waals surface area contributed by atoms with Gasteiger partial charge >= 0.3 is 0 Å². The predicted molar refractivity (Wildman–Crippen MR) is 237 cm³/mol. The molecule has 58 heavy (non-hydrogen) atoms. The third-order valence-corrected chi connectivity index (χ3v) is 10.8. The molecule has 8 aromatic carbocycles. The number of fused-ring (bicyclic) bond motifs is 4. The van der Waals surface area contributed by atoms with Gasteiger partial charge in [-0.2, -0.15) is 0 Å². The minimum Gasteiger partial charge on any atom is -0.456 e. The molecule has 5 nitrogen and oxygen atoms in total. The number of furan rings is 1. The quantitative estimate of drug-likeness (QED) is 0.163. The minimum atomic E-state index is 0.668. The molecule has 0 fully saturated rings. The van der Waals surface area contributed by atoms with Crippen LogP contribution in [0.1, 0.15) is 0 Å². The van der Waals surface area contributed by atoms with Gasteiger partial charge in [-0.3, -0.25) is 4.57 Å². The Bertz CT molecular complexity index is 3260. The van der Waals surface area contributed by atoms with E-state index in [1.165, 1.54) is 0 Å². The number of aromatic nitrogens is 4. The molecule has 0 spiro atoms. The molecule has 0 bridgehead atoms. The Morgan fingerprint density at radius 1 is 0.345 bits per heavy atom. The SMILES string of the molecule is c1ccc(-c2cc(-c3ccc4oc5ccccc5c4c3)cc(-c3cc(-c4ccc(-c5nc6ccccc6n5-c5ccccc5)cc4)nc(-c4ccccc4)n3)c2)cc1. The maximum absolute atomic E-state index is 6.19. The summed E-state index contributed by atoms with van der Waals surface area (Å²) in [7, 11) is 0. The van der Waals surface area contributed by atoms with Gasteiger partial charge in [0.05, 0.1) is 22.4 Å². The summed E-state index contributed by atoms with van der Waals surface area (Å²) < 4.78 is 8.42. The van der Waals surface area contributed by atoms with Crippen molar-refractivity contribution in [2.75, 3.05) is 0 Å². The number of benzene rings is 8. The second-order valence-electron chi connectivity index (χ2n) is 14.5. The molecule has 0 atom stereocenters. The van der Waals surface area contributed by atoms with Crippen molar-refractivity contribution < 1.29 is 4.42 Å². The first-order valence-corrected chi connectivity index (χ1v) is 19.4. The van der Waals surface area contributed by atoms with Crippen LogP contribution in [0.3, 0.4) is 0 Å². The first-order valence-electron chi connectivity index (χ1n) is 19.4. The van der Waals surface area contributed by atoms with Gasteiger partial charge in [-0.1, -0.05) is 140 Å². The van der Waals surface area contributed by atoms with Crippen LogP contribution in [0.5, 0.6) is 0 Å². The Hall–Kier alpha value is -7.89. The van der Waals surface area contributed by atoms with E-state index in [1.807, 2.05) is 42.5 Å². The lowest BCUT2D eigenvalue weighted by molar-refractivity contribution is 0.669. The van der Waals surface area contributed by atoms with Crippen molar-refractivity contribution in [3.05, 3.63) is 206 Å². The zero-order valence-corrected chi connectivity index (χ0v) is 31.3. The van der Waals surface area contributed by atoms with Crippen molar-refractivity contribution in [1.82, 2.24) is 19.5 Å². The van der Waals surface area contributed by atoms with Gasteiger partial charge < -0.3 is 4.42 Å². The Morgan fingerprint density at radius 3 is 1.69 bits per heavy atom. The summed E-state index contributed by atoms with van der Waals surface area (Å²) >= 11 is 0. The fourth-order valence-corrected chi connectivity index (χ4v) is 7.95. The standard InChI is InChI=1S/C53H34N4O/c1-4-14-35(15-5-1)40-30-41(39-28-29-51-45(33-39)44-20-10-13-23-50(44)58-51)32-42(31-40)48-34-47(54-52(55-48)37-16-6-2-7-17-37)36-24-26-38(27-25-36)53-56-46-21-11-12-22-49(46)57(53)43-18-8-3-9-19-43/h1-34H. The first-order chi connectivity index (χ1) is 28.7. The van der Waals surface area contributed by atoms with Crippen molar-refractivity contribution >= 4 is 33.0 Å². The zero-order valence-electron chi connectivity index (χ0n) is 31.3. The molecule has 272 valence electrons. The number of para-hydroxylation sites is 4. The second-order valence-corrected chi connectivity index (χ2v) is 14.5. The van der Waals surface area contributed by atoms with Crippen molar-refractivity contribution in [2.24, 2.45) is 0 Å². The van der Waals surface area contributed by atoms with E-state index < -0.39 is 0 Å². The van der Waals surface area contributed by atoms with Crippen LogP contribution in [0.25, 0.3) is 106 Å². The highest BCUT2D eigenvalue weighted by Gasteiger charge is 2.17. The number of hydrogen-bond acceptors (Lipinski definition) is 4. The topological polar surface area (TPSA) is 56.7 Å². The molecule has 3 heterocycles. The molecule has 11 rings (SSSR count). The van der Waals surface area contributed by atoms with Gasteiger partial charge in [0.2, 0.25) is 0 Å². The first kappa shape index (κ1) is 33.4. The predicted octanol–water partition coefficient (Wildman–Crippen LogP) is 13.7. The Kier molecular flexibility index (Phi) is 8.07. The van der Waals surface area contributed by atoms with E-state index >= 15 is 0 Å². The smallest absolute Gasteiger partial charge is 0.160 e. The van der Waals surface area contributed by atoms with E-state index in [4.69, 9.17) is 19.4 Å². The monoisotopic (exact) mass is 742 g/mol. The summed E-state index contributed by atoms with van der Waals surface area (Å²) in [5.74, 6) is 1.56. The van der Waals surface area contributed by atoms with Gasteiger partial charge in [-0.25, -0.2) is 15.0 Å². The van der Waals surface area contributed by atoms with E-state index in [-0.39, 0.29) is 0 Å². The molecule has 0 N–H and O–H groups in total. The van der Waals surface area contributed by atoms with Crippen molar-refractivity contribution in [3.8, 4) is 73.2 Å². The van der Waals surface area contributed by atoms with Crippen LogP contribution in [-0.2, 0) is 0 Å². The molecule has 5 heteroatoms. The minimum absolute atomic E-state index is 0.668. The second kappa shape index (κ2) is 14.0. The van der Waals surface area contributed by atoms with Crippen LogP contribution in [0, 0.1) is 0 Å². The molecule has 0 aliphatic carbocycles. The molecule has 0 saturated heterocycles. The average Bonchev–Trinajstić information content (AvgIpc) is 3.88. The van der Waals surface area contributed by atoms with Crippen LogP contribution < -0.4 is 0 Å². The van der Waals surface area contributed by atoms with Crippen LogP contribution >= 0.6 is 0 Å². The Morgan fingerprint density at radius 2 is 0.914 bits per heavy atom. The lowest BCUT2D eigenvalue weighted by Crippen LogP contribution is -1.98. The lowest BCUT2D eigenvalue weighted by Gasteiger charge is -2.14. The highest BCUT2D eigenvalue weighted by molar-refractivity contribution is 6.06. The van der Waals surface area contributed by atoms with E-state index in [2.05, 4.69) is 168 Å². The number of hydrogen-bond donors (Lipinski definition) is 0. The highest BCUT2D eigenvalue weighted by atomic mass is 16.3. The third kappa shape index (κ3) is 6.03. The van der Waals surface area contributed by atoms with E-state index in [0.29, 0.717) is 5.82 Å². The number of imidazole rings is 1. The van der Waals surface area contributed by atoms with Crippen LogP contribution in [0.15, 0.2) is 211 Å². The largest absolute Gasteiger partial charge is 0.456 e. The molecule has 0 radical (unpaired) electrons. The van der Waals surface area contributed by atoms with E-state index in [1.54, 1.807) is 0 Å².